The molecule has 4 aliphatic rings. The number of fused-ring (bicyclic) bond motifs is 8. The van der Waals surface area contributed by atoms with E-state index in [1.807, 2.05) is 6.92 Å². The van der Waals surface area contributed by atoms with E-state index < -0.39 is 12.2 Å². The first kappa shape index (κ1) is 12.7. The fourth-order valence-electron chi connectivity index (χ4n) is 4.67. The highest BCUT2D eigenvalue weighted by Crippen LogP contribution is 2.59. The quantitative estimate of drug-likeness (QED) is 0.661. The summed E-state index contributed by atoms with van der Waals surface area (Å²) in [7, 11) is 2.62. The smallest absolute Gasteiger partial charge is 0.429 e. The first-order chi connectivity index (χ1) is 10.1. The number of hydrazine groups is 1. The highest BCUT2D eigenvalue weighted by Gasteiger charge is 2.73. The van der Waals surface area contributed by atoms with Crippen molar-refractivity contribution in [2.24, 2.45) is 22.9 Å². The molecule has 2 unspecified atom stereocenters. The number of nitrogens with zero attached hydrogens (tertiary/aromatic N) is 3. The zero-order chi connectivity index (χ0) is 14.9. The summed E-state index contributed by atoms with van der Waals surface area (Å²) < 4.78 is 9.60. The highest BCUT2D eigenvalue weighted by molar-refractivity contribution is 5.87. The maximum Gasteiger partial charge on any atom is 0.429 e. The molecule has 2 heterocycles. The summed E-state index contributed by atoms with van der Waals surface area (Å²) in [6.45, 7) is 1.96. The third-order valence-corrected chi connectivity index (χ3v) is 5.33. The second-order valence-electron chi connectivity index (χ2n) is 6.00. The summed E-state index contributed by atoms with van der Waals surface area (Å²) in [5, 5.41) is 6.85. The van der Waals surface area contributed by atoms with Crippen molar-refractivity contribution in [3.8, 4) is 0 Å². The first-order valence-electron chi connectivity index (χ1n) is 7.04. The molecular formula is C13H17N3O5. The predicted molar refractivity (Wildman–Crippen MR) is 69.1 cm³/mol. The number of ether oxygens (including phenoxy) is 2. The van der Waals surface area contributed by atoms with Crippen molar-refractivity contribution in [2.45, 2.75) is 31.5 Å². The van der Waals surface area contributed by atoms with Gasteiger partial charge in [0.25, 0.3) is 0 Å². The van der Waals surface area contributed by atoms with Crippen LogP contribution in [0.5, 0.6) is 0 Å². The van der Waals surface area contributed by atoms with Crippen LogP contribution in [0.2, 0.25) is 0 Å². The van der Waals surface area contributed by atoms with Gasteiger partial charge in [-0.2, -0.15) is 0 Å². The second kappa shape index (κ2) is 4.02. The van der Waals surface area contributed by atoms with Crippen LogP contribution in [0.1, 0.15) is 13.3 Å². The largest absolute Gasteiger partial charge is 0.452 e. The minimum absolute atomic E-state index is 0.0169. The van der Waals surface area contributed by atoms with Crippen molar-refractivity contribution in [3.05, 3.63) is 0 Å². The Morgan fingerprint density at radius 1 is 1.14 bits per heavy atom. The lowest BCUT2D eigenvalue weighted by molar-refractivity contribution is -0.198. The van der Waals surface area contributed by atoms with Crippen molar-refractivity contribution in [2.75, 3.05) is 14.2 Å². The van der Waals surface area contributed by atoms with Gasteiger partial charge >= 0.3 is 12.2 Å². The molecule has 2 saturated carbocycles. The van der Waals surface area contributed by atoms with Gasteiger partial charge in [-0.3, -0.25) is 0 Å². The molecular weight excluding hydrogens is 278 g/mol. The Kier molecular flexibility index (Phi) is 2.44. The molecule has 2 amide bonds. The fraction of sp³-hybridized carbons (Fsp3) is 0.769. The summed E-state index contributed by atoms with van der Waals surface area (Å²) in [6, 6.07) is -0.0986. The van der Waals surface area contributed by atoms with Gasteiger partial charge in [0.1, 0.15) is 6.10 Å². The Bertz CT molecular complexity index is 550. The lowest BCUT2D eigenvalue weighted by Gasteiger charge is -2.57. The minimum atomic E-state index is -0.540. The van der Waals surface area contributed by atoms with Gasteiger partial charge in [0.15, 0.2) is 0 Å². The number of oxime groups is 1. The standard InChI is InChI=1S/C13H17N3O5/c1-5-8-6-4-7(11(8)21-14-5)10-9(6)15(12(17)19-2)16(10)13(18)20-3/h6-11H,4H2,1-3H3/t6-,7-,8?,9-,10+,11?/m0/s1. The van der Waals surface area contributed by atoms with Crippen molar-refractivity contribution in [1.29, 1.82) is 0 Å². The summed E-state index contributed by atoms with van der Waals surface area (Å²) in [4.78, 5) is 29.5. The Morgan fingerprint density at radius 3 is 2.29 bits per heavy atom. The molecule has 8 nitrogen and oxygen atoms in total. The van der Waals surface area contributed by atoms with Crippen LogP contribution in [0.25, 0.3) is 0 Å². The van der Waals surface area contributed by atoms with Gasteiger partial charge in [0, 0.05) is 11.8 Å². The number of hydrogen-bond acceptors (Lipinski definition) is 6. The SMILES string of the molecule is COC(=O)N1[C@@H]2[C@@H]([C@@H]3C[C@H]2C2C(C)=NOC23)N1C(=O)OC. The van der Waals surface area contributed by atoms with Crippen LogP contribution in [0, 0.1) is 17.8 Å². The normalized spacial score (nSPS) is 41.8. The van der Waals surface area contributed by atoms with Crippen molar-refractivity contribution in [1.82, 2.24) is 10.0 Å². The van der Waals surface area contributed by atoms with Crippen molar-refractivity contribution < 1.29 is 23.9 Å². The van der Waals surface area contributed by atoms with E-state index in [1.54, 1.807) is 0 Å². The molecule has 0 aromatic carbocycles. The van der Waals surface area contributed by atoms with E-state index >= 15 is 0 Å². The average molecular weight is 295 g/mol. The van der Waals surface area contributed by atoms with Gasteiger partial charge in [-0.1, -0.05) is 5.16 Å². The molecule has 2 aliphatic carbocycles. The third-order valence-electron chi connectivity index (χ3n) is 5.33. The molecule has 0 aromatic rings. The van der Waals surface area contributed by atoms with Crippen LogP contribution in [0.4, 0.5) is 9.59 Å². The van der Waals surface area contributed by atoms with E-state index in [0.717, 1.165) is 12.1 Å². The van der Waals surface area contributed by atoms with Gasteiger partial charge < -0.3 is 14.3 Å². The van der Waals surface area contributed by atoms with E-state index in [1.165, 1.54) is 24.2 Å². The topological polar surface area (TPSA) is 80.7 Å². The molecule has 0 aromatic heterocycles. The Hall–Kier alpha value is -1.99. The molecule has 8 heteroatoms. The van der Waals surface area contributed by atoms with Gasteiger partial charge in [-0.05, 0) is 19.3 Å². The van der Waals surface area contributed by atoms with E-state index in [4.69, 9.17) is 14.3 Å². The number of hydrogen-bond donors (Lipinski definition) is 0. The molecule has 0 radical (unpaired) electrons. The van der Waals surface area contributed by atoms with Gasteiger partial charge in [0.05, 0.1) is 32.0 Å². The molecule has 1 saturated heterocycles. The molecule has 2 aliphatic heterocycles. The number of carbonyl (C=O) groups excluding carboxylic acids is 2. The Balaban J connectivity index is 1.67. The maximum absolute atomic E-state index is 12.0. The molecule has 21 heavy (non-hydrogen) atoms. The number of carbonyl (C=O) groups is 2. The average Bonchev–Trinajstić information content (AvgIpc) is 3.08. The van der Waals surface area contributed by atoms with Crippen molar-refractivity contribution in [3.63, 3.8) is 0 Å². The first-order valence-corrected chi connectivity index (χ1v) is 7.04. The van der Waals surface area contributed by atoms with Gasteiger partial charge in [-0.15, -0.1) is 0 Å². The highest BCUT2D eigenvalue weighted by atomic mass is 16.6. The third kappa shape index (κ3) is 1.33. The Labute approximate surface area is 121 Å². The summed E-state index contributed by atoms with van der Waals surface area (Å²) in [5.41, 5.74) is 0.979. The van der Waals surface area contributed by atoms with Crippen LogP contribution in [0.3, 0.4) is 0 Å². The summed E-state index contributed by atoms with van der Waals surface area (Å²) >= 11 is 0. The Morgan fingerprint density at radius 2 is 1.71 bits per heavy atom. The molecule has 0 spiro atoms. The molecule has 6 atom stereocenters. The van der Waals surface area contributed by atoms with Crippen LogP contribution >= 0.6 is 0 Å². The maximum atomic E-state index is 12.0. The van der Waals surface area contributed by atoms with E-state index in [2.05, 4.69) is 5.16 Å². The monoisotopic (exact) mass is 295 g/mol. The lowest BCUT2D eigenvalue weighted by atomic mass is 9.75. The zero-order valence-electron chi connectivity index (χ0n) is 12.1. The zero-order valence-corrected chi connectivity index (χ0v) is 12.1. The van der Waals surface area contributed by atoms with E-state index in [9.17, 15) is 9.59 Å². The predicted octanol–water partition coefficient (Wildman–Crippen LogP) is 0.830. The van der Waals surface area contributed by atoms with Crippen LogP contribution in [-0.2, 0) is 14.3 Å². The molecule has 0 N–H and O–H groups in total. The van der Waals surface area contributed by atoms with E-state index in [-0.39, 0.29) is 35.9 Å². The van der Waals surface area contributed by atoms with Crippen molar-refractivity contribution >= 4 is 17.9 Å². The second-order valence-corrected chi connectivity index (χ2v) is 6.00. The number of amides is 2. The van der Waals surface area contributed by atoms with Gasteiger partial charge in [-0.25, -0.2) is 19.6 Å². The minimum Gasteiger partial charge on any atom is -0.452 e. The van der Waals surface area contributed by atoms with Crippen LogP contribution < -0.4 is 0 Å². The molecule has 114 valence electrons. The van der Waals surface area contributed by atoms with E-state index in [0.29, 0.717) is 0 Å². The number of rotatable bonds is 0. The van der Waals surface area contributed by atoms with Gasteiger partial charge in [0.2, 0.25) is 0 Å². The summed E-state index contributed by atoms with van der Waals surface area (Å²) in [6.07, 6.45) is -0.123. The molecule has 3 fully saturated rings. The number of methoxy groups -OCH3 is 2. The summed E-state index contributed by atoms with van der Waals surface area (Å²) in [5.74, 6) is 0.686. The lowest BCUT2D eigenvalue weighted by Crippen LogP contribution is -2.78. The molecule has 4 rings (SSSR count). The van der Waals surface area contributed by atoms with Crippen LogP contribution in [0.15, 0.2) is 5.16 Å². The molecule has 2 bridgehead atoms. The van der Waals surface area contributed by atoms with Crippen LogP contribution in [-0.4, -0.2) is 60.3 Å². The fourth-order valence-corrected chi connectivity index (χ4v) is 4.67.